The van der Waals surface area contributed by atoms with Crippen LogP contribution in [0.1, 0.15) is 32.1 Å². The van der Waals surface area contributed by atoms with Crippen molar-refractivity contribution in [1.82, 2.24) is 10.2 Å². The van der Waals surface area contributed by atoms with Crippen LogP contribution in [0.25, 0.3) is 0 Å². The summed E-state index contributed by atoms with van der Waals surface area (Å²) in [5.74, 6) is -0.165. The molecule has 1 aliphatic heterocycles. The molecule has 5 nitrogen and oxygen atoms in total. The number of nitrogens with one attached hydrogen (secondary N) is 1. The maximum atomic E-state index is 12.3. The molecule has 1 saturated carbocycles. The van der Waals surface area contributed by atoms with Crippen molar-refractivity contribution in [2.24, 2.45) is 0 Å². The van der Waals surface area contributed by atoms with Crippen LogP contribution < -0.4 is 5.32 Å². The largest absolute Gasteiger partial charge is 0.390 e. The molecule has 3 amide bonds. The maximum Gasteiger partial charge on any atom is 0.325 e. The second-order valence-corrected chi connectivity index (χ2v) is 5.44. The Morgan fingerprint density at radius 3 is 2.59 bits per heavy atom. The fourth-order valence-electron chi connectivity index (χ4n) is 2.60. The number of aliphatic hydroxyl groups is 1. The van der Waals surface area contributed by atoms with Crippen LogP contribution >= 0.6 is 15.9 Å². The fraction of sp³-hybridized carbons (Fsp3) is 0.818. The van der Waals surface area contributed by atoms with E-state index in [9.17, 15) is 14.7 Å². The van der Waals surface area contributed by atoms with E-state index in [1.807, 2.05) is 0 Å². The number of carbonyl (C=O) groups excluding carboxylic acids is 2. The van der Waals surface area contributed by atoms with Crippen LogP contribution in [-0.4, -0.2) is 45.5 Å². The third-order valence-corrected chi connectivity index (χ3v) is 4.27. The Kier molecular flexibility index (Phi) is 3.73. The zero-order valence-electron chi connectivity index (χ0n) is 9.62. The van der Waals surface area contributed by atoms with Gasteiger partial charge in [-0.25, -0.2) is 4.79 Å². The number of hydrogen-bond acceptors (Lipinski definition) is 3. The predicted octanol–water partition coefficient (Wildman–Crippen LogP) is 0.997. The van der Waals surface area contributed by atoms with Crippen LogP contribution in [0.15, 0.2) is 0 Å². The lowest BCUT2D eigenvalue weighted by Gasteiger charge is -2.30. The van der Waals surface area contributed by atoms with Crippen molar-refractivity contribution >= 4 is 27.9 Å². The van der Waals surface area contributed by atoms with Crippen LogP contribution in [-0.2, 0) is 4.79 Å². The van der Waals surface area contributed by atoms with E-state index in [1.165, 1.54) is 0 Å². The topological polar surface area (TPSA) is 69.6 Å². The highest BCUT2D eigenvalue weighted by Gasteiger charge is 2.51. The SMILES string of the molecule is O=C1NC2(CCCCC2)C(=O)N1CC(O)CBr. The summed E-state index contributed by atoms with van der Waals surface area (Å²) in [4.78, 5) is 25.2. The number of aliphatic hydroxyl groups excluding tert-OH is 1. The quantitative estimate of drug-likeness (QED) is 0.603. The highest BCUT2D eigenvalue weighted by Crippen LogP contribution is 2.33. The summed E-state index contributed by atoms with van der Waals surface area (Å²) in [6, 6.07) is -0.364. The first-order valence-electron chi connectivity index (χ1n) is 5.97. The highest BCUT2D eigenvalue weighted by atomic mass is 79.9. The summed E-state index contributed by atoms with van der Waals surface area (Å²) in [5.41, 5.74) is -0.679. The van der Waals surface area contributed by atoms with Gasteiger partial charge in [-0.15, -0.1) is 0 Å². The second-order valence-electron chi connectivity index (χ2n) is 4.80. The molecule has 6 heteroatoms. The number of β-amino-alcohol motifs (C(OH)–C–C–N with tert-alkyl or cyclic N) is 1. The van der Waals surface area contributed by atoms with Gasteiger partial charge in [-0.05, 0) is 12.8 Å². The first kappa shape index (κ1) is 12.8. The van der Waals surface area contributed by atoms with Gasteiger partial charge in [-0.3, -0.25) is 9.69 Å². The molecular formula is C11H17BrN2O3. The molecule has 0 radical (unpaired) electrons. The summed E-state index contributed by atoms with van der Waals surface area (Å²) in [5, 5.41) is 12.7. The molecule has 1 atom stereocenters. The minimum absolute atomic E-state index is 0.0671. The van der Waals surface area contributed by atoms with E-state index in [2.05, 4.69) is 21.2 Å². The lowest BCUT2D eigenvalue weighted by Crippen LogP contribution is -2.48. The van der Waals surface area contributed by atoms with E-state index in [0.29, 0.717) is 5.33 Å². The van der Waals surface area contributed by atoms with Crippen LogP contribution in [0, 0.1) is 0 Å². The lowest BCUT2D eigenvalue weighted by molar-refractivity contribution is -0.133. The highest BCUT2D eigenvalue weighted by molar-refractivity contribution is 9.09. The molecule has 1 spiro atoms. The molecule has 2 N–H and O–H groups in total. The van der Waals surface area contributed by atoms with Gasteiger partial charge in [-0.2, -0.15) is 0 Å². The molecule has 0 aromatic rings. The van der Waals surface area contributed by atoms with E-state index in [-0.39, 0.29) is 18.5 Å². The zero-order chi connectivity index (χ0) is 12.5. The maximum absolute atomic E-state index is 12.3. The number of carbonyl (C=O) groups is 2. The number of nitrogens with zero attached hydrogens (tertiary/aromatic N) is 1. The average Bonchev–Trinajstić information content (AvgIpc) is 2.55. The normalized spacial score (nSPS) is 25.2. The van der Waals surface area contributed by atoms with Gasteiger partial charge in [0.25, 0.3) is 5.91 Å². The molecule has 2 aliphatic rings. The van der Waals surface area contributed by atoms with Crippen molar-refractivity contribution in [3.05, 3.63) is 0 Å². The van der Waals surface area contributed by atoms with Gasteiger partial charge in [0.2, 0.25) is 0 Å². The summed E-state index contributed by atoms with van der Waals surface area (Å²) < 4.78 is 0. The van der Waals surface area contributed by atoms with Gasteiger partial charge in [-0.1, -0.05) is 35.2 Å². The molecule has 17 heavy (non-hydrogen) atoms. The van der Waals surface area contributed by atoms with Crippen LogP contribution in [0.2, 0.25) is 0 Å². The summed E-state index contributed by atoms with van der Waals surface area (Å²) >= 11 is 3.13. The summed E-state index contributed by atoms with van der Waals surface area (Å²) in [7, 11) is 0. The van der Waals surface area contributed by atoms with Crippen molar-refractivity contribution < 1.29 is 14.7 Å². The minimum atomic E-state index is -0.705. The smallest absolute Gasteiger partial charge is 0.325 e. The van der Waals surface area contributed by atoms with Crippen LogP contribution in [0.5, 0.6) is 0 Å². The average molecular weight is 305 g/mol. The molecule has 0 aromatic carbocycles. The van der Waals surface area contributed by atoms with Gasteiger partial charge in [0.1, 0.15) is 5.54 Å². The third-order valence-electron chi connectivity index (χ3n) is 3.52. The number of halogens is 1. The van der Waals surface area contributed by atoms with Crippen molar-refractivity contribution in [2.75, 3.05) is 11.9 Å². The lowest BCUT2D eigenvalue weighted by atomic mass is 9.82. The Hall–Kier alpha value is -0.620. The Labute approximate surface area is 109 Å². The van der Waals surface area contributed by atoms with E-state index in [4.69, 9.17) is 0 Å². The Morgan fingerprint density at radius 2 is 2.00 bits per heavy atom. The molecule has 1 unspecified atom stereocenters. The van der Waals surface area contributed by atoms with Gasteiger partial charge >= 0.3 is 6.03 Å². The van der Waals surface area contributed by atoms with Gasteiger partial charge in [0.15, 0.2) is 0 Å². The third kappa shape index (κ3) is 2.33. The second kappa shape index (κ2) is 4.94. The molecule has 1 heterocycles. The van der Waals surface area contributed by atoms with E-state index >= 15 is 0 Å². The first-order valence-corrected chi connectivity index (χ1v) is 7.09. The Bertz CT molecular complexity index is 329. The zero-order valence-corrected chi connectivity index (χ0v) is 11.2. The Morgan fingerprint density at radius 1 is 1.35 bits per heavy atom. The molecule has 0 bridgehead atoms. The van der Waals surface area contributed by atoms with Crippen LogP contribution in [0.3, 0.4) is 0 Å². The first-order chi connectivity index (χ1) is 8.09. The number of imide groups is 1. The van der Waals surface area contributed by atoms with Crippen molar-refractivity contribution in [2.45, 2.75) is 43.7 Å². The van der Waals surface area contributed by atoms with Crippen molar-refractivity contribution in [1.29, 1.82) is 0 Å². The molecule has 2 rings (SSSR count). The number of rotatable bonds is 3. The summed E-state index contributed by atoms with van der Waals surface area (Å²) in [6.45, 7) is 0.0671. The number of amides is 3. The number of hydrogen-bond donors (Lipinski definition) is 2. The number of alkyl halides is 1. The molecule has 1 aliphatic carbocycles. The van der Waals surface area contributed by atoms with Gasteiger partial charge in [0, 0.05) is 5.33 Å². The standard InChI is InChI=1S/C11H17BrN2O3/c12-6-8(15)7-14-9(16)11(13-10(14)17)4-2-1-3-5-11/h8,15H,1-7H2,(H,13,17). The Balaban J connectivity index is 2.10. The van der Waals surface area contributed by atoms with E-state index in [1.54, 1.807) is 0 Å². The molecule has 2 fully saturated rings. The minimum Gasteiger partial charge on any atom is -0.390 e. The molecule has 1 saturated heterocycles. The molecule has 0 aromatic heterocycles. The van der Waals surface area contributed by atoms with Gasteiger partial charge < -0.3 is 10.4 Å². The fourth-order valence-corrected chi connectivity index (χ4v) is 2.80. The number of urea groups is 1. The summed E-state index contributed by atoms with van der Waals surface area (Å²) in [6.07, 6.45) is 3.80. The van der Waals surface area contributed by atoms with E-state index in [0.717, 1.165) is 37.0 Å². The van der Waals surface area contributed by atoms with Crippen molar-refractivity contribution in [3.8, 4) is 0 Å². The van der Waals surface area contributed by atoms with Gasteiger partial charge in [0.05, 0.1) is 12.6 Å². The molecule has 96 valence electrons. The van der Waals surface area contributed by atoms with Crippen molar-refractivity contribution in [3.63, 3.8) is 0 Å². The van der Waals surface area contributed by atoms with Crippen LogP contribution in [0.4, 0.5) is 4.79 Å². The predicted molar refractivity (Wildman–Crippen MR) is 65.9 cm³/mol. The van der Waals surface area contributed by atoms with E-state index < -0.39 is 11.6 Å². The monoisotopic (exact) mass is 304 g/mol. The molecular weight excluding hydrogens is 288 g/mol.